The number of aromatic nitrogens is 2. The summed E-state index contributed by atoms with van der Waals surface area (Å²) in [5, 5.41) is 0. The molecule has 1 amide bonds. The third kappa shape index (κ3) is 2.54. The second-order valence-corrected chi connectivity index (χ2v) is 6.09. The Labute approximate surface area is 131 Å². The van der Waals surface area contributed by atoms with Gasteiger partial charge < -0.3 is 9.47 Å². The highest BCUT2D eigenvalue weighted by molar-refractivity contribution is 5.74. The van der Waals surface area contributed by atoms with E-state index < -0.39 is 0 Å². The van der Waals surface area contributed by atoms with E-state index in [4.69, 9.17) is 0 Å². The summed E-state index contributed by atoms with van der Waals surface area (Å²) in [5.74, 6) is 1.11. The Hall–Kier alpha value is -2.10. The van der Waals surface area contributed by atoms with Crippen molar-refractivity contribution in [2.45, 2.75) is 46.1 Å². The molecule has 2 aromatic rings. The molecule has 3 rings (SSSR count). The van der Waals surface area contributed by atoms with Gasteiger partial charge in [-0.1, -0.05) is 6.07 Å². The molecule has 2 aromatic heterocycles. The van der Waals surface area contributed by atoms with Crippen LogP contribution in [0.4, 0.5) is 0 Å². The van der Waals surface area contributed by atoms with Crippen LogP contribution in [0.25, 0.3) is 5.82 Å². The molecule has 4 nitrogen and oxygen atoms in total. The number of carbonyl (C=O) groups is 1. The van der Waals surface area contributed by atoms with Gasteiger partial charge in [-0.3, -0.25) is 4.79 Å². The third-order valence-corrected chi connectivity index (χ3v) is 4.57. The Morgan fingerprint density at radius 2 is 1.91 bits per heavy atom. The van der Waals surface area contributed by atoms with E-state index in [1.54, 1.807) is 6.92 Å². The Bertz CT molecular complexity index is 670. The second kappa shape index (κ2) is 5.95. The lowest BCUT2D eigenvalue weighted by molar-refractivity contribution is -0.132. The molecular formula is C18H23N3O. The number of amides is 1. The fraction of sp³-hybridized carbons (Fsp3) is 0.444. The van der Waals surface area contributed by atoms with Crippen LogP contribution in [0.3, 0.4) is 0 Å². The number of piperidine rings is 1. The first kappa shape index (κ1) is 14.8. The standard InChI is InChI=1S/C18H23N3O/c1-13-9-10-14(2)21(13)18-16(7-6-11-19-18)17-8-4-5-12-20(17)15(3)22/h6-7,9-11,17H,4-5,8,12H2,1-3H3. The zero-order chi connectivity index (χ0) is 15.7. The van der Waals surface area contributed by atoms with Gasteiger partial charge in [0.25, 0.3) is 0 Å². The van der Waals surface area contributed by atoms with Crippen LogP contribution >= 0.6 is 0 Å². The quantitative estimate of drug-likeness (QED) is 0.850. The molecule has 116 valence electrons. The molecule has 22 heavy (non-hydrogen) atoms. The molecule has 1 unspecified atom stereocenters. The van der Waals surface area contributed by atoms with Crippen molar-refractivity contribution in [3.63, 3.8) is 0 Å². The summed E-state index contributed by atoms with van der Waals surface area (Å²) in [5.41, 5.74) is 3.49. The van der Waals surface area contributed by atoms with Gasteiger partial charge in [0, 0.05) is 36.6 Å². The van der Waals surface area contributed by atoms with E-state index >= 15 is 0 Å². The molecule has 1 aliphatic heterocycles. The second-order valence-electron chi connectivity index (χ2n) is 6.09. The number of hydrogen-bond donors (Lipinski definition) is 0. The maximum absolute atomic E-state index is 12.0. The average molecular weight is 297 g/mol. The number of aryl methyl sites for hydroxylation is 2. The first-order chi connectivity index (χ1) is 10.6. The lowest BCUT2D eigenvalue weighted by Gasteiger charge is -2.36. The number of rotatable bonds is 2. The van der Waals surface area contributed by atoms with Crippen LogP contribution in [0.2, 0.25) is 0 Å². The zero-order valence-electron chi connectivity index (χ0n) is 13.5. The van der Waals surface area contributed by atoms with Crippen molar-refractivity contribution in [1.82, 2.24) is 14.5 Å². The van der Waals surface area contributed by atoms with E-state index in [1.807, 2.05) is 17.2 Å². The zero-order valence-corrected chi connectivity index (χ0v) is 13.5. The summed E-state index contributed by atoms with van der Waals surface area (Å²) in [6, 6.07) is 8.44. The van der Waals surface area contributed by atoms with Crippen molar-refractivity contribution < 1.29 is 4.79 Å². The summed E-state index contributed by atoms with van der Waals surface area (Å²) in [7, 11) is 0. The van der Waals surface area contributed by atoms with Gasteiger partial charge in [0.15, 0.2) is 0 Å². The van der Waals surface area contributed by atoms with Gasteiger partial charge in [0.05, 0.1) is 6.04 Å². The van der Waals surface area contributed by atoms with Crippen molar-refractivity contribution in [3.8, 4) is 5.82 Å². The fourth-order valence-corrected chi connectivity index (χ4v) is 3.49. The van der Waals surface area contributed by atoms with Crippen molar-refractivity contribution >= 4 is 5.91 Å². The summed E-state index contributed by atoms with van der Waals surface area (Å²) >= 11 is 0. The van der Waals surface area contributed by atoms with Crippen LogP contribution in [-0.4, -0.2) is 26.9 Å². The minimum absolute atomic E-state index is 0.135. The monoisotopic (exact) mass is 297 g/mol. The molecule has 0 radical (unpaired) electrons. The van der Waals surface area contributed by atoms with E-state index in [9.17, 15) is 4.79 Å². The molecule has 0 N–H and O–H groups in total. The maximum Gasteiger partial charge on any atom is 0.219 e. The van der Waals surface area contributed by atoms with E-state index in [1.165, 1.54) is 11.4 Å². The lowest BCUT2D eigenvalue weighted by Crippen LogP contribution is -2.37. The van der Waals surface area contributed by atoms with Crippen molar-refractivity contribution in [3.05, 3.63) is 47.4 Å². The van der Waals surface area contributed by atoms with Crippen LogP contribution in [-0.2, 0) is 4.79 Å². The molecule has 4 heteroatoms. The van der Waals surface area contributed by atoms with E-state index in [0.717, 1.165) is 37.2 Å². The summed E-state index contributed by atoms with van der Waals surface area (Å²) in [6.45, 7) is 6.70. The molecule has 1 atom stereocenters. The van der Waals surface area contributed by atoms with Gasteiger partial charge >= 0.3 is 0 Å². The minimum atomic E-state index is 0.135. The largest absolute Gasteiger partial charge is 0.336 e. The van der Waals surface area contributed by atoms with Gasteiger partial charge in [-0.15, -0.1) is 0 Å². The predicted octanol–water partition coefficient (Wildman–Crippen LogP) is 3.56. The normalized spacial score (nSPS) is 18.5. The van der Waals surface area contributed by atoms with Gasteiger partial charge in [0.1, 0.15) is 5.82 Å². The van der Waals surface area contributed by atoms with E-state index in [-0.39, 0.29) is 11.9 Å². The molecule has 0 saturated carbocycles. The molecule has 1 fully saturated rings. The van der Waals surface area contributed by atoms with Crippen molar-refractivity contribution in [1.29, 1.82) is 0 Å². The third-order valence-electron chi connectivity index (χ3n) is 4.57. The highest BCUT2D eigenvalue weighted by atomic mass is 16.2. The van der Waals surface area contributed by atoms with Crippen LogP contribution in [0.5, 0.6) is 0 Å². The van der Waals surface area contributed by atoms with Crippen LogP contribution in [0.15, 0.2) is 30.5 Å². The van der Waals surface area contributed by atoms with Crippen LogP contribution < -0.4 is 0 Å². The highest BCUT2D eigenvalue weighted by Gasteiger charge is 2.28. The Morgan fingerprint density at radius 1 is 1.18 bits per heavy atom. The van der Waals surface area contributed by atoms with Crippen molar-refractivity contribution in [2.75, 3.05) is 6.54 Å². The van der Waals surface area contributed by atoms with E-state index in [2.05, 4.69) is 41.6 Å². The highest BCUT2D eigenvalue weighted by Crippen LogP contribution is 2.34. The van der Waals surface area contributed by atoms with Crippen LogP contribution in [0, 0.1) is 13.8 Å². The van der Waals surface area contributed by atoms with Crippen molar-refractivity contribution in [2.24, 2.45) is 0 Å². The molecule has 0 aromatic carbocycles. The van der Waals surface area contributed by atoms with Crippen LogP contribution in [0.1, 0.15) is 49.2 Å². The SMILES string of the molecule is CC(=O)N1CCCCC1c1cccnc1-n1c(C)ccc1C. The molecule has 0 bridgehead atoms. The summed E-state index contributed by atoms with van der Waals surface area (Å²) in [6.07, 6.45) is 5.09. The number of nitrogens with zero attached hydrogens (tertiary/aromatic N) is 3. The Morgan fingerprint density at radius 3 is 2.59 bits per heavy atom. The Kier molecular flexibility index (Phi) is 4.01. The maximum atomic E-state index is 12.0. The lowest BCUT2D eigenvalue weighted by atomic mass is 9.95. The predicted molar refractivity (Wildman–Crippen MR) is 87.0 cm³/mol. The molecule has 0 aliphatic carbocycles. The van der Waals surface area contributed by atoms with Gasteiger partial charge in [-0.2, -0.15) is 0 Å². The Balaban J connectivity index is 2.10. The smallest absolute Gasteiger partial charge is 0.219 e. The van der Waals surface area contributed by atoms with Gasteiger partial charge in [-0.05, 0) is 51.3 Å². The van der Waals surface area contributed by atoms with Gasteiger partial charge in [-0.25, -0.2) is 4.98 Å². The number of carbonyl (C=O) groups excluding carboxylic acids is 1. The molecular weight excluding hydrogens is 274 g/mol. The van der Waals surface area contributed by atoms with Gasteiger partial charge in [0.2, 0.25) is 5.91 Å². The van der Waals surface area contributed by atoms with E-state index in [0.29, 0.717) is 0 Å². The number of pyridine rings is 1. The summed E-state index contributed by atoms with van der Waals surface area (Å²) in [4.78, 5) is 18.6. The first-order valence-corrected chi connectivity index (χ1v) is 7.97. The summed E-state index contributed by atoms with van der Waals surface area (Å²) < 4.78 is 2.18. The fourth-order valence-electron chi connectivity index (χ4n) is 3.49. The topological polar surface area (TPSA) is 38.1 Å². The first-order valence-electron chi connectivity index (χ1n) is 7.97. The number of hydrogen-bond acceptors (Lipinski definition) is 2. The number of likely N-dealkylation sites (tertiary alicyclic amines) is 1. The molecule has 1 saturated heterocycles. The molecule has 0 spiro atoms. The minimum Gasteiger partial charge on any atom is -0.336 e. The molecule has 3 heterocycles. The molecule has 1 aliphatic rings. The average Bonchev–Trinajstić information content (AvgIpc) is 2.86.